The van der Waals surface area contributed by atoms with Crippen molar-refractivity contribution in [2.45, 2.75) is 44.6 Å². The van der Waals surface area contributed by atoms with Gasteiger partial charge < -0.3 is 15.1 Å². The second-order valence-corrected chi connectivity index (χ2v) is 6.38. The number of carbonyl (C=O) groups is 1. The molecule has 0 radical (unpaired) electrons. The third-order valence-electron chi connectivity index (χ3n) is 4.57. The van der Waals surface area contributed by atoms with Gasteiger partial charge in [-0.2, -0.15) is 0 Å². The first-order valence-electron chi connectivity index (χ1n) is 7.81. The van der Waals surface area contributed by atoms with E-state index >= 15 is 0 Å². The van der Waals surface area contributed by atoms with Gasteiger partial charge in [0.1, 0.15) is 0 Å². The third-order valence-corrected chi connectivity index (χ3v) is 4.57. The predicted octanol–water partition coefficient (Wildman–Crippen LogP) is 1.32. The summed E-state index contributed by atoms with van der Waals surface area (Å²) in [5.41, 5.74) is 0. The Morgan fingerprint density at radius 1 is 1.37 bits per heavy atom. The molecule has 0 aromatic carbocycles. The molecule has 2 aliphatic heterocycles. The standard InChI is InChI=1S/C15H29N3O/c1-17-10-8-13(11-17)12-18(2)15(19)7-6-14-5-3-4-9-16-14/h13-14,16H,3-12H2,1-2H3. The first kappa shape index (κ1) is 14.8. The highest BCUT2D eigenvalue weighted by atomic mass is 16.2. The van der Waals surface area contributed by atoms with Crippen LogP contribution in [0.4, 0.5) is 0 Å². The van der Waals surface area contributed by atoms with Crippen molar-refractivity contribution >= 4 is 5.91 Å². The van der Waals surface area contributed by atoms with Gasteiger partial charge in [-0.25, -0.2) is 0 Å². The maximum Gasteiger partial charge on any atom is 0.222 e. The molecule has 2 aliphatic rings. The van der Waals surface area contributed by atoms with Crippen LogP contribution in [-0.2, 0) is 4.79 Å². The van der Waals surface area contributed by atoms with Gasteiger partial charge in [0.2, 0.25) is 5.91 Å². The van der Waals surface area contributed by atoms with Gasteiger partial charge >= 0.3 is 0 Å². The van der Waals surface area contributed by atoms with Gasteiger partial charge in [-0.15, -0.1) is 0 Å². The highest BCUT2D eigenvalue weighted by molar-refractivity contribution is 5.75. The van der Waals surface area contributed by atoms with E-state index in [-0.39, 0.29) is 0 Å². The zero-order valence-corrected chi connectivity index (χ0v) is 12.5. The molecule has 4 nitrogen and oxygen atoms in total. The van der Waals surface area contributed by atoms with Crippen LogP contribution in [0.15, 0.2) is 0 Å². The van der Waals surface area contributed by atoms with Crippen molar-refractivity contribution < 1.29 is 4.79 Å². The predicted molar refractivity (Wildman–Crippen MR) is 78.1 cm³/mol. The molecule has 110 valence electrons. The molecule has 4 heteroatoms. The summed E-state index contributed by atoms with van der Waals surface area (Å²) in [5.74, 6) is 0.994. The number of hydrogen-bond acceptors (Lipinski definition) is 3. The van der Waals surface area contributed by atoms with Gasteiger partial charge in [-0.1, -0.05) is 6.42 Å². The van der Waals surface area contributed by atoms with E-state index in [2.05, 4.69) is 17.3 Å². The zero-order chi connectivity index (χ0) is 13.7. The fraction of sp³-hybridized carbons (Fsp3) is 0.933. The molecular formula is C15H29N3O. The Labute approximate surface area is 117 Å². The van der Waals surface area contributed by atoms with Gasteiger partial charge in [0.05, 0.1) is 0 Å². The zero-order valence-electron chi connectivity index (χ0n) is 12.5. The second kappa shape index (κ2) is 7.25. The van der Waals surface area contributed by atoms with Crippen LogP contribution in [-0.4, -0.2) is 62.0 Å². The SMILES string of the molecule is CN1CCC(CN(C)C(=O)CCC2CCCCN2)C1. The van der Waals surface area contributed by atoms with Crippen LogP contribution < -0.4 is 5.32 Å². The number of rotatable bonds is 5. The average molecular weight is 267 g/mol. The fourth-order valence-electron chi connectivity index (χ4n) is 3.32. The summed E-state index contributed by atoms with van der Waals surface area (Å²) in [5, 5.41) is 3.51. The number of nitrogens with one attached hydrogen (secondary N) is 1. The van der Waals surface area contributed by atoms with Crippen LogP contribution >= 0.6 is 0 Å². The number of hydrogen-bond donors (Lipinski definition) is 1. The van der Waals surface area contributed by atoms with Crippen LogP contribution in [0, 0.1) is 5.92 Å². The van der Waals surface area contributed by atoms with Crippen molar-refractivity contribution in [1.29, 1.82) is 0 Å². The third kappa shape index (κ3) is 4.77. The molecule has 2 fully saturated rings. The van der Waals surface area contributed by atoms with Gasteiger partial charge in [-0.05, 0) is 51.7 Å². The van der Waals surface area contributed by atoms with E-state index in [0.717, 1.165) is 26.1 Å². The summed E-state index contributed by atoms with van der Waals surface area (Å²) in [7, 11) is 4.13. The Kier molecular flexibility index (Phi) is 5.64. The van der Waals surface area contributed by atoms with E-state index in [4.69, 9.17) is 0 Å². The minimum Gasteiger partial charge on any atom is -0.345 e. The maximum absolute atomic E-state index is 12.1. The molecule has 1 N–H and O–H groups in total. The molecule has 1 amide bonds. The number of likely N-dealkylation sites (tertiary alicyclic amines) is 1. The topological polar surface area (TPSA) is 35.6 Å². The van der Waals surface area contributed by atoms with Gasteiger partial charge in [-0.3, -0.25) is 4.79 Å². The molecule has 0 aromatic rings. The highest BCUT2D eigenvalue weighted by Gasteiger charge is 2.23. The molecule has 0 aromatic heterocycles. The molecule has 2 rings (SSSR count). The molecule has 2 heterocycles. The number of piperidine rings is 1. The summed E-state index contributed by atoms with van der Waals surface area (Å²) >= 11 is 0. The van der Waals surface area contributed by atoms with Crippen molar-refractivity contribution in [1.82, 2.24) is 15.1 Å². The summed E-state index contributed by atoms with van der Waals surface area (Å²) in [4.78, 5) is 16.4. The van der Waals surface area contributed by atoms with Crippen molar-refractivity contribution in [3.05, 3.63) is 0 Å². The Morgan fingerprint density at radius 2 is 2.21 bits per heavy atom. The van der Waals surface area contributed by atoms with E-state index in [1.807, 2.05) is 11.9 Å². The van der Waals surface area contributed by atoms with E-state index in [0.29, 0.717) is 24.3 Å². The molecule has 2 atom stereocenters. The molecule has 2 unspecified atom stereocenters. The Bertz CT molecular complexity index is 289. The monoisotopic (exact) mass is 267 g/mol. The summed E-state index contributed by atoms with van der Waals surface area (Å²) in [6, 6.07) is 0.573. The van der Waals surface area contributed by atoms with E-state index in [9.17, 15) is 4.79 Å². The molecule has 0 aliphatic carbocycles. The van der Waals surface area contributed by atoms with Crippen molar-refractivity contribution in [2.24, 2.45) is 5.92 Å². The number of nitrogens with zero attached hydrogens (tertiary/aromatic N) is 2. The van der Waals surface area contributed by atoms with Crippen LogP contribution in [0.25, 0.3) is 0 Å². The lowest BCUT2D eigenvalue weighted by atomic mass is 10.00. The lowest BCUT2D eigenvalue weighted by molar-refractivity contribution is -0.130. The molecule has 19 heavy (non-hydrogen) atoms. The number of carbonyl (C=O) groups excluding carboxylic acids is 1. The molecule has 2 saturated heterocycles. The van der Waals surface area contributed by atoms with Crippen molar-refractivity contribution in [3.63, 3.8) is 0 Å². The Balaban J connectivity index is 1.64. The fourth-order valence-corrected chi connectivity index (χ4v) is 3.32. The van der Waals surface area contributed by atoms with Crippen LogP contribution in [0.2, 0.25) is 0 Å². The smallest absolute Gasteiger partial charge is 0.222 e. The highest BCUT2D eigenvalue weighted by Crippen LogP contribution is 2.16. The van der Waals surface area contributed by atoms with Crippen LogP contribution in [0.5, 0.6) is 0 Å². The maximum atomic E-state index is 12.1. The van der Waals surface area contributed by atoms with E-state index < -0.39 is 0 Å². The second-order valence-electron chi connectivity index (χ2n) is 6.38. The molecule has 0 saturated carbocycles. The van der Waals surface area contributed by atoms with Crippen molar-refractivity contribution in [2.75, 3.05) is 40.3 Å². The molecule has 0 spiro atoms. The first-order chi connectivity index (χ1) is 9.15. The van der Waals surface area contributed by atoms with Gasteiger partial charge in [0, 0.05) is 32.6 Å². The number of amides is 1. The quantitative estimate of drug-likeness (QED) is 0.816. The Morgan fingerprint density at radius 3 is 2.84 bits per heavy atom. The van der Waals surface area contributed by atoms with Crippen LogP contribution in [0.1, 0.15) is 38.5 Å². The van der Waals surface area contributed by atoms with Gasteiger partial charge in [0.15, 0.2) is 0 Å². The lowest BCUT2D eigenvalue weighted by Crippen LogP contribution is -2.37. The average Bonchev–Trinajstić information content (AvgIpc) is 2.82. The Hall–Kier alpha value is -0.610. The summed E-state index contributed by atoms with van der Waals surface area (Å²) < 4.78 is 0. The van der Waals surface area contributed by atoms with Gasteiger partial charge in [0.25, 0.3) is 0 Å². The first-order valence-corrected chi connectivity index (χ1v) is 7.81. The van der Waals surface area contributed by atoms with E-state index in [1.165, 1.54) is 32.2 Å². The normalized spacial score (nSPS) is 28.5. The summed E-state index contributed by atoms with van der Waals surface area (Å²) in [6.45, 7) is 4.38. The van der Waals surface area contributed by atoms with Crippen LogP contribution in [0.3, 0.4) is 0 Å². The molecular weight excluding hydrogens is 238 g/mol. The molecule has 0 bridgehead atoms. The minimum atomic E-state index is 0.321. The minimum absolute atomic E-state index is 0.321. The summed E-state index contributed by atoms with van der Waals surface area (Å²) in [6.07, 6.45) is 6.79. The lowest BCUT2D eigenvalue weighted by Gasteiger charge is -2.25. The largest absolute Gasteiger partial charge is 0.345 e. The van der Waals surface area contributed by atoms with E-state index in [1.54, 1.807) is 0 Å². The van der Waals surface area contributed by atoms with Crippen molar-refractivity contribution in [3.8, 4) is 0 Å².